The second kappa shape index (κ2) is 5.89. The maximum atomic E-state index is 6.52. The number of aromatic nitrogens is 3. The van der Waals surface area contributed by atoms with E-state index in [9.17, 15) is 0 Å². The van der Waals surface area contributed by atoms with Crippen LogP contribution in [0.4, 0.5) is 0 Å². The van der Waals surface area contributed by atoms with Crippen molar-refractivity contribution in [1.29, 1.82) is 0 Å². The van der Waals surface area contributed by atoms with Crippen molar-refractivity contribution in [2.24, 2.45) is 5.73 Å². The van der Waals surface area contributed by atoms with E-state index in [0.29, 0.717) is 11.7 Å². The molecule has 0 aliphatic heterocycles. The molecule has 1 aliphatic rings. The van der Waals surface area contributed by atoms with Crippen molar-refractivity contribution in [3.63, 3.8) is 0 Å². The van der Waals surface area contributed by atoms with Gasteiger partial charge in [0.25, 0.3) is 0 Å². The van der Waals surface area contributed by atoms with Crippen LogP contribution < -0.4 is 5.73 Å². The first-order valence-electron chi connectivity index (χ1n) is 8.17. The largest absolute Gasteiger partial charge is 0.338 e. The third-order valence-electron chi connectivity index (χ3n) is 5.07. The number of pyridine rings is 1. The van der Waals surface area contributed by atoms with Gasteiger partial charge in [-0.2, -0.15) is 4.98 Å². The monoisotopic (exact) mass is 312 g/mol. The van der Waals surface area contributed by atoms with Gasteiger partial charge in [-0.25, -0.2) is 0 Å². The van der Waals surface area contributed by atoms with Gasteiger partial charge < -0.3 is 10.3 Å². The van der Waals surface area contributed by atoms with E-state index in [1.54, 1.807) is 6.20 Å². The molecule has 0 amide bonds. The van der Waals surface area contributed by atoms with Crippen LogP contribution in [0.2, 0.25) is 0 Å². The molecule has 1 aliphatic carbocycles. The number of nitrogens with two attached hydrogens (primary N) is 1. The van der Waals surface area contributed by atoms with Crippen molar-refractivity contribution in [2.45, 2.75) is 56.9 Å². The van der Waals surface area contributed by atoms with Crippen LogP contribution >= 0.6 is 0 Å². The summed E-state index contributed by atoms with van der Waals surface area (Å²) in [4.78, 5) is 8.96. The van der Waals surface area contributed by atoms with Crippen LogP contribution in [0.1, 0.15) is 50.6 Å². The van der Waals surface area contributed by atoms with E-state index in [4.69, 9.17) is 10.3 Å². The van der Waals surface area contributed by atoms with E-state index in [1.807, 2.05) is 25.1 Å². The van der Waals surface area contributed by atoms with Crippen molar-refractivity contribution in [1.82, 2.24) is 15.1 Å². The van der Waals surface area contributed by atoms with Crippen LogP contribution in [0, 0.1) is 6.92 Å². The summed E-state index contributed by atoms with van der Waals surface area (Å²) in [6, 6.07) is 3.92. The van der Waals surface area contributed by atoms with Crippen LogP contribution in [0.15, 0.2) is 35.5 Å². The zero-order chi connectivity index (χ0) is 16.5. The Morgan fingerprint density at radius 3 is 2.87 bits per heavy atom. The highest BCUT2D eigenvalue weighted by Crippen LogP contribution is 2.48. The van der Waals surface area contributed by atoms with Gasteiger partial charge in [-0.1, -0.05) is 18.2 Å². The normalized spacial score (nSPS) is 27.3. The van der Waals surface area contributed by atoms with Crippen LogP contribution in [-0.4, -0.2) is 20.7 Å². The lowest BCUT2D eigenvalue weighted by molar-refractivity contribution is 0.260. The lowest BCUT2D eigenvalue weighted by Gasteiger charge is -2.27. The van der Waals surface area contributed by atoms with Crippen LogP contribution in [-0.2, 0) is 5.41 Å². The van der Waals surface area contributed by atoms with Gasteiger partial charge in [0.15, 0.2) is 0 Å². The molecule has 2 N–H and O–H groups in total. The number of rotatable bonds is 5. The maximum absolute atomic E-state index is 6.52. The molecule has 2 unspecified atom stereocenters. The first kappa shape index (κ1) is 15.9. The Morgan fingerprint density at radius 2 is 2.22 bits per heavy atom. The molecule has 122 valence electrons. The Balaban J connectivity index is 1.89. The summed E-state index contributed by atoms with van der Waals surface area (Å²) in [7, 11) is 0. The molecule has 2 heterocycles. The van der Waals surface area contributed by atoms with Gasteiger partial charge in [-0.3, -0.25) is 4.98 Å². The number of aryl methyl sites for hydroxylation is 1. The molecule has 23 heavy (non-hydrogen) atoms. The molecule has 2 atom stereocenters. The van der Waals surface area contributed by atoms with E-state index in [2.05, 4.69) is 28.6 Å². The molecule has 1 fully saturated rings. The Labute approximate surface area is 137 Å². The standard InChI is InChI=1S/C18H24N4O/c1-4-8-18(19)10-9-17(5-2,12-18)16-21-15(22-23-16)14-7-6-13(3)20-11-14/h4,6-7,11H,1,5,8-10,12,19H2,2-3H3. The SMILES string of the molecule is C=CCC1(N)CCC(CC)(c2nc(-c3ccc(C)nc3)no2)C1. The van der Waals surface area contributed by atoms with Crippen molar-refractivity contribution in [2.75, 3.05) is 0 Å². The van der Waals surface area contributed by atoms with Crippen LogP contribution in [0.25, 0.3) is 11.4 Å². The second-order valence-electron chi connectivity index (χ2n) is 6.78. The van der Waals surface area contributed by atoms with Crippen molar-refractivity contribution in [3.05, 3.63) is 42.6 Å². The molecule has 0 spiro atoms. The van der Waals surface area contributed by atoms with Gasteiger partial charge >= 0.3 is 0 Å². The summed E-state index contributed by atoms with van der Waals surface area (Å²) in [6.07, 6.45) is 8.23. The number of hydrogen-bond acceptors (Lipinski definition) is 5. The average Bonchev–Trinajstić information content (AvgIpc) is 3.14. The first-order valence-corrected chi connectivity index (χ1v) is 8.17. The lowest BCUT2D eigenvalue weighted by Crippen LogP contribution is -2.38. The fourth-order valence-corrected chi connectivity index (χ4v) is 3.59. The van der Waals surface area contributed by atoms with E-state index >= 15 is 0 Å². The highest BCUT2D eigenvalue weighted by atomic mass is 16.5. The molecule has 0 bridgehead atoms. The molecule has 1 saturated carbocycles. The molecule has 3 rings (SSSR count). The summed E-state index contributed by atoms with van der Waals surface area (Å²) in [5.41, 5.74) is 8.03. The molecule has 2 aromatic rings. The molecule has 2 aromatic heterocycles. The van der Waals surface area contributed by atoms with E-state index in [-0.39, 0.29) is 11.0 Å². The molecular formula is C18H24N4O. The topological polar surface area (TPSA) is 77.8 Å². The molecule has 5 nitrogen and oxygen atoms in total. The minimum atomic E-state index is -0.211. The maximum Gasteiger partial charge on any atom is 0.233 e. The van der Waals surface area contributed by atoms with Gasteiger partial charge in [0.1, 0.15) is 0 Å². The highest BCUT2D eigenvalue weighted by Gasteiger charge is 2.48. The quantitative estimate of drug-likeness (QED) is 0.854. The van der Waals surface area contributed by atoms with Gasteiger partial charge in [-0.15, -0.1) is 6.58 Å². The smallest absolute Gasteiger partial charge is 0.233 e. The van der Waals surface area contributed by atoms with Gasteiger partial charge in [-0.05, 0) is 51.2 Å². The summed E-state index contributed by atoms with van der Waals surface area (Å²) in [5, 5.41) is 4.16. The average molecular weight is 312 g/mol. The zero-order valence-electron chi connectivity index (χ0n) is 13.9. The minimum Gasteiger partial charge on any atom is -0.338 e. The third-order valence-corrected chi connectivity index (χ3v) is 5.07. The fourth-order valence-electron chi connectivity index (χ4n) is 3.59. The third kappa shape index (κ3) is 2.93. The van der Waals surface area contributed by atoms with Crippen molar-refractivity contribution < 1.29 is 4.52 Å². The Hall–Kier alpha value is -2.01. The number of nitrogens with zero attached hydrogens (tertiary/aromatic N) is 3. The zero-order valence-corrected chi connectivity index (χ0v) is 13.9. The van der Waals surface area contributed by atoms with Gasteiger partial charge in [0, 0.05) is 23.0 Å². The summed E-state index contributed by atoms with van der Waals surface area (Å²) in [5.74, 6) is 1.30. The molecule has 0 saturated heterocycles. The molecule has 0 radical (unpaired) electrons. The first-order chi connectivity index (χ1) is 11.0. The van der Waals surface area contributed by atoms with Crippen molar-refractivity contribution >= 4 is 0 Å². The summed E-state index contributed by atoms with van der Waals surface area (Å²) < 4.78 is 5.63. The molecular weight excluding hydrogens is 288 g/mol. The lowest BCUT2D eigenvalue weighted by atomic mass is 9.80. The van der Waals surface area contributed by atoms with Crippen LogP contribution in [0.5, 0.6) is 0 Å². The fraction of sp³-hybridized carbons (Fsp3) is 0.500. The van der Waals surface area contributed by atoms with E-state index in [1.165, 1.54) is 0 Å². The number of hydrogen-bond donors (Lipinski definition) is 1. The van der Waals surface area contributed by atoms with Crippen molar-refractivity contribution in [3.8, 4) is 11.4 Å². The van der Waals surface area contributed by atoms with Crippen LogP contribution in [0.3, 0.4) is 0 Å². The summed E-state index contributed by atoms with van der Waals surface area (Å²) in [6.45, 7) is 7.95. The van der Waals surface area contributed by atoms with Gasteiger partial charge in [0.2, 0.25) is 11.7 Å². The summed E-state index contributed by atoms with van der Waals surface area (Å²) >= 11 is 0. The predicted octanol–water partition coefficient (Wildman–Crippen LogP) is 3.55. The minimum absolute atomic E-state index is 0.124. The second-order valence-corrected chi connectivity index (χ2v) is 6.78. The molecule has 5 heteroatoms. The Kier molecular flexibility index (Phi) is 4.06. The van der Waals surface area contributed by atoms with E-state index < -0.39 is 0 Å². The Morgan fingerprint density at radius 1 is 1.39 bits per heavy atom. The predicted molar refractivity (Wildman–Crippen MR) is 89.8 cm³/mol. The van der Waals surface area contributed by atoms with E-state index in [0.717, 1.165) is 43.4 Å². The highest BCUT2D eigenvalue weighted by molar-refractivity contribution is 5.52. The Bertz CT molecular complexity index is 693. The molecule has 0 aromatic carbocycles. The van der Waals surface area contributed by atoms with Gasteiger partial charge in [0.05, 0.1) is 5.41 Å².